The molecule has 21 heavy (non-hydrogen) atoms. The summed E-state index contributed by atoms with van der Waals surface area (Å²) < 4.78 is 11.3. The summed E-state index contributed by atoms with van der Waals surface area (Å²) in [7, 11) is 0. The van der Waals surface area contributed by atoms with E-state index in [-0.39, 0.29) is 41.4 Å². The summed E-state index contributed by atoms with van der Waals surface area (Å²) in [6, 6.07) is 0. The van der Waals surface area contributed by atoms with E-state index in [1.807, 2.05) is 13.8 Å². The third kappa shape index (κ3) is 2.47. The largest absolute Gasteiger partial charge is 0.458 e. The van der Waals surface area contributed by atoms with Crippen LogP contribution in [0, 0.1) is 28.6 Å². The molecule has 118 valence electrons. The van der Waals surface area contributed by atoms with Crippen molar-refractivity contribution in [2.45, 2.75) is 66.1 Å². The molecule has 0 amide bonds. The van der Waals surface area contributed by atoms with Crippen molar-refractivity contribution in [3.8, 4) is 0 Å². The van der Waals surface area contributed by atoms with Crippen LogP contribution < -0.4 is 0 Å². The molecule has 5 unspecified atom stereocenters. The fraction of sp³-hybridized carbons (Fsp3) is 0.882. The van der Waals surface area contributed by atoms with E-state index in [0.29, 0.717) is 5.92 Å². The van der Waals surface area contributed by atoms with Gasteiger partial charge in [0.1, 0.15) is 12.2 Å². The first-order chi connectivity index (χ1) is 9.58. The van der Waals surface area contributed by atoms with Gasteiger partial charge in [0, 0.05) is 11.8 Å². The quantitative estimate of drug-likeness (QED) is 0.751. The van der Waals surface area contributed by atoms with E-state index in [9.17, 15) is 9.59 Å². The molecule has 3 aliphatic rings. The van der Waals surface area contributed by atoms with E-state index in [4.69, 9.17) is 9.47 Å². The van der Waals surface area contributed by atoms with Gasteiger partial charge in [0.05, 0.1) is 11.3 Å². The van der Waals surface area contributed by atoms with Crippen molar-refractivity contribution in [1.82, 2.24) is 0 Å². The minimum atomic E-state index is -0.512. The lowest BCUT2D eigenvalue weighted by atomic mass is 9.76. The first kappa shape index (κ1) is 14.9. The Balaban J connectivity index is 1.68. The van der Waals surface area contributed by atoms with Gasteiger partial charge < -0.3 is 9.47 Å². The molecule has 2 bridgehead atoms. The molecule has 0 aromatic heterocycles. The predicted molar refractivity (Wildman–Crippen MR) is 77.3 cm³/mol. The average Bonchev–Trinajstić information content (AvgIpc) is 2.90. The van der Waals surface area contributed by atoms with Crippen LogP contribution in [0.3, 0.4) is 0 Å². The van der Waals surface area contributed by atoms with Crippen molar-refractivity contribution in [3.63, 3.8) is 0 Å². The van der Waals surface area contributed by atoms with Gasteiger partial charge in [0.25, 0.3) is 0 Å². The molecule has 5 atom stereocenters. The third-order valence-corrected chi connectivity index (χ3v) is 5.18. The molecular weight excluding hydrogens is 268 g/mol. The van der Waals surface area contributed by atoms with Gasteiger partial charge in [0.2, 0.25) is 0 Å². The Kier molecular flexibility index (Phi) is 3.16. The normalized spacial score (nSPS) is 37.8. The molecule has 0 N–H and O–H groups in total. The SMILES string of the molecule is CC(C)(C)CC(C)(C)C(=O)OC1C2CC3C(=O)OC1C3C2. The van der Waals surface area contributed by atoms with Crippen LogP contribution in [-0.2, 0) is 19.1 Å². The predicted octanol–water partition coefficient (Wildman–Crippen LogP) is 2.94. The molecule has 0 spiro atoms. The second-order valence-corrected chi connectivity index (χ2v) is 8.89. The fourth-order valence-electron chi connectivity index (χ4n) is 4.75. The molecule has 3 rings (SSSR count). The first-order valence-electron chi connectivity index (χ1n) is 8.00. The number of carbonyl (C=O) groups is 2. The van der Waals surface area contributed by atoms with Crippen molar-refractivity contribution in [3.05, 3.63) is 0 Å². The van der Waals surface area contributed by atoms with Crippen LogP contribution in [0.4, 0.5) is 0 Å². The van der Waals surface area contributed by atoms with E-state index in [0.717, 1.165) is 19.3 Å². The lowest BCUT2D eigenvalue weighted by Crippen LogP contribution is -2.40. The molecule has 1 heterocycles. The monoisotopic (exact) mass is 294 g/mol. The van der Waals surface area contributed by atoms with Crippen LogP contribution in [-0.4, -0.2) is 24.1 Å². The molecule has 4 heteroatoms. The Bertz CT molecular complexity index is 474. The molecule has 3 fully saturated rings. The minimum absolute atomic E-state index is 0.0672. The molecule has 2 saturated carbocycles. The van der Waals surface area contributed by atoms with E-state index < -0.39 is 5.41 Å². The third-order valence-electron chi connectivity index (χ3n) is 5.18. The number of fused-ring (bicyclic) bond motifs is 1. The van der Waals surface area contributed by atoms with Crippen molar-refractivity contribution >= 4 is 11.9 Å². The van der Waals surface area contributed by atoms with Crippen LogP contribution in [0.25, 0.3) is 0 Å². The molecule has 1 aliphatic heterocycles. The van der Waals surface area contributed by atoms with Crippen LogP contribution in [0.1, 0.15) is 53.9 Å². The Morgan fingerprint density at radius 1 is 1.24 bits per heavy atom. The highest BCUT2D eigenvalue weighted by atomic mass is 16.6. The highest BCUT2D eigenvalue weighted by molar-refractivity contribution is 5.78. The number of carbonyl (C=O) groups excluding carboxylic acids is 2. The van der Waals surface area contributed by atoms with Crippen molar-refractivity contribution in [2.75, 3.05) is 0 Å². The van der Waals surface area contributed by atoms with Gasteiger partial charge in [-0.25, -0.2) is 0 Å². The second-order valence-electron chi connectivity index (χ2n) is 8.89. The van der Waals surface area contributed by atoms with Crippen LogP contribution >= 0.6 is 0 Å². The molecule has 2 aliphatic carbocycles. The minimum Gasteiger partial charge on any atom is -0.458 e. The number of rotatable bonds is 3. The highest BCUT2D eigenvalue weighted by Crippen LogP contribution is 2.55. The summed E-state index contributed by atoms with van der Waals surface area (Å²) in [5, 5.41) is 0. The van der Waals surface area contributed by atoms with Crippen molar-refractivity contribution < 1.29 is 19.1 Å². The summed E-state index contributed by atoms with van der Waals surface area (Å²) in [6.07, 6.45) is 2.17. The van der Waals surface area contributed by atoms with E-state index >= 15 is 0 Å². The smallest absolute Gasteiger partial charge is 0.311 e. The molecule has 0 aromatic carbocycles. The molecule has 1 saturated heterocycles. The second kappa shape index (κ2) is 4.47. The van der Waals surface area contributed by atoms with Crippen molar-refractivity contribution in [1.29, 1.82) is 0 Å². The Hall–Kier alpha value is -1.06. The van der Waals surface area contributed by atoms with Crippen LogP contribution in [0.2, 0.25) is 0 Å². The first-order valence-corrected chi connectivity index (χ1v) is 8.00. The number of esters is 2. The van der Waals surface area contributed by atoms with Gasteiger partial charge in [-0.3, -0.25) is 9.59 Å². The summed E-state index contributed by atoms with van der Waals surface area (Å²) >= 11 is 0. The molecular formula is C17H26O4. The number of hydrogen-bond donors (Lipinski definition) is 0. The Morgan fingerprint density at radius 2 is 1.90 bits per heavy atom. The Labute approximate surface area is 126 Å². The van der Waals surface area contributed by atoms with Gasteiger partial charge in [-0.05, 0) is 38.5 Å². The standard InChI is InChI=1S/C17H26O4/c1-16(2,3)8-17(4,5)15(19)21-12-9-6-10-11(7-9)14(18)20-13(10)12/h9-13H,6-8H2,1-5H3. The number of ether oxygens (including phenoxy) is 2. The zero-order valence-corrected chi connectivity index (χ0v) is 13.6. The van der Waals surface area contributed by atoms with E-state index in [1.54, 1.807) is 0 Å². The van der Waals surface area contributed by atoms with Crippen LogP contribution in [0.5, 0.6) is 0 Å². The highest BCUT2D eigenvalue weighted by Gasteiger charge is 2.63. The Morgan fingerprint density at radius 3 is 2.52 bits per heavy atom. The van der Waals surface area contributed by atoms with Gasteiger partial charge in [0.15, 0.2) is 0 Å². The van der Waals surface area contributed by atoms with Crippen LogP contribution in [0.15, 0.2) is 0 Å². The summed E-state index contributed by atoms with van der Waals surface area (Å²) in [5.41, 5.74) is -0.440. The lowest BCUT2D eigenvalue weighted by molar-refractivity contribution is -0.171. The van der Waals surface area contributed by atoms with Gasteiger partial charge in [-0.2, -0.15) is 0 Å². The van der Waals surface area contributed by atoms with E-state index in [2.05, 4.69) is 20.8 Å². The average molecular weight is 294 g/mol. The maximum atomic E-state index is 12.6. The lowest BCUT2D eigenvalue weighted by Gasteiger charge is -2.33. The van der Waals surface area contributed by atoms with Gasteiger partial charge in [-0.15, -0.1) is 0 Å². The summed E-state index contributed by atoms with van der Waals surface area (Å²) in [6.45, 7) is 10.3. The van der Waals surface area contributed by atoms with E-state index in [1.165, 1.54) is 0 Å². The fourth-order valence-corrected chi connectivity index (χ4v) is 4.75. The molecule has 0 radical (unpaired) electrons. The zero-order chi connectivity index (χ0) is 15.6. The van der Waals surface area contributed by atoms with Gasteiger partial charge in [-0.1, -0.05) is 20.8 Å². The summed E-state index contributed by atoms with van der Waals surface area (Å²) in [5.74, 6) is 0.420. The maximum Gasteiger partial charge on any atom is 0.311 e. The topological polar surface area (TPSA) is 52.6 Å². The molecule has 0 aromatic rings. The molecule has 4 nitrogen and oxygen atoms in total. The zero-order valence-electron chi connectivity index (χ0n) is 13.6. The summed E-state index contributed by atoms with van der Waals surface area (Å²) in [4.78, 5) is 24.3. The maximum absolute atomic E-state index is 12.6. The number of hydrogen-bond acceptors (Lipinski definition) is 4. The van der Waals surface area contributed by atoms with Crippen molar-refractivity contribution in [2.24, 2.45) is 28.6 Å². The van der Waals surface area contributed by atoms with Gasteiger partial charge >= 0.3 is 11.9 Å².